The summed E-state index contributed by atoms with van der Waals surface area (Å²) in [6, 6.07) is 4.37. The number of rotatable bonds is 4. The Balaban J connectivity index is 2.42. The van der Waals surface area contributed by atoms with Gasteiger partial charge in [-0.05, 0) is 25.3 Å². The van der Waals surface area contributed by atoms with Gasteiger partial charge in [0.2, 0.25) is 5.90 Å². The molecule has 1 heterocycles. The molecule has 78 valence electrons. The van der Waals surface area contributed by atoms with Gasteiger partial charge >= 0.3 is 0 Å². The molecule has 0 aliphatic rings. The van der Waals surface area contributed by atoms with Crippen LogP contribution in [0.2, 0.25) is 0 Å². The van der Waals surface area contributed by atoms with Gasteiger partial charge < -0.3 is 4.74 Å². The second-order valence-corrected chi connectivity index (χ2v) is 3.91. The van der Waals surface area contributed by atoms with Crippen molar-refractivity contribution in [2.75, 3.05) is 6.61 Å². The van der Waals surface area contributed by atoms with E-state index in [1.54, 1.807) is 11.3 Å². The van der Waals surface area contributed by atoms with Gasteiger partial charge in [-0.25, -0.2) is 0 Å². The zero-order chi connectivity index (χ0) is 10.4. The van der Waals surface area contributed by atoms with Gasteiger partial charge in [0.25, 0.3) is 0 Å². The van der Waals surface area contributed by atoms with Crippen molar-refractivity contribution in [2.24, 2.45) is 5.10 Å². The Hall–Kier alpha value is -1.03. The highest BCUT2D eigenvalue weighted by atomic mass is 32.1. The van der Waals surface area contributed by atoms with Crippen molar-refractivity contribution >= 4 is 17.2 Å². The zero-order valence-electron chi connectivity index (χ0n) is 8.78. The van der Waals surface area contributed by atoms with Crippen molar-refractivity contribution in [1.82, 2.24) is 5.43 Å². The van der Waals surface area contributed by atoms with Gasteiger partial charge in [-0.1, -0.05) is 6.07 Å². The number of hydrogen-bond acceptors (Lipinski definition) is 4. The van der Waals surface area contributed by atoms with Crippen LogP contribution in [-0.2, 0) is 4.74 Å². The van der Waals surface area contributed by atoms with Crippen LogP contribution in [0.4, 0.5) is 0 Å². The molecule has 0 aliphatic heterocycles. The summed E-state index contributed by atoms with van der Waals surface area (Å²) >= 11 is 1.72. The standard InChI is InChI=1S/C10H16N2OS/c1-4-13-9(3)12-11-8(2)10-6-5-7-14-10/h5-8,11H,4H2,1-3H3/b12-9+. The average molecular weight is 212 g/mol. The highest BCUT2D eigenvalue weighted by molar-refractivity contribution is 7.10. The van der Waals surface area contributed by atoms with E-state index in [4.69, 9.17) is 4.74 Å². The number of hydrogen-bond donors (Lipinski definition) is 1. The molecule has 0 fully saturated rings. The molecule has 14 heavy (non-hydrogen) atoms. The van der Waals surface area contributed by atoms with Crippen molar-refractivity contribution < 1.29 is 4.74 Å². The molecule has 1 aromatic heterocycles. The zero-order valence-corrected chi connectivity index (χ0v) is 9.60. The lowest BCUT2D eigenvalue weighted by Crippen LogP contribution is -2.14. The SMILES string of the molecule is CCO/C(C)=N/NC(C)c1cccs1. The van der Waals surface area contributed by atoms with Crippen LogP contribution < -0.4 is 5.43 Å². The molecule has 0 aliphatic carbocycles. The molecule has 1 N–H and O–H groups in total. The van der Waals surface area contributed by atoms with E-state index in [0.29, 0.717) is 12.5 Å². The Labute approximate surface area is 88.8 Å². The highest BCUT2D eigenvalue weighted by Gasteiger charge is 2.03. The van der Waals surface area contributed by atoms with Gasteiger partial charge in [0.05, 0.1) is 12.6 Å². The summed E-state index contributed by atoms with van der Waals surface area (Å²) in [6.07, 6.45) is 0. The first-order valence-electron chi connectivity index (χ1n) is 4.70. The van der Waals surface area contributed by atoms with Gasteiger partial charge in [0.1, 0.15) is 0 Å². The number of ether oxygens (including phenoxy) is 1. The number of thiophene rings is 1. The van der Waals surface area contributed by atoms with Crippen LogP contribution in [0.5, 0.6) is 0 Å². The van der Waals surface area contributed by atoms with E-state index in [2.05, 4.69) is 28.9 Å². The van der Waals surface area contributed by atoms with E-state index in [0.717, 1.165) is 0 Å². The monoisotopic (exact) mass is 212 g/mol. The van der Waals surface area contributed by atoms with Gasteiger partial charge in [-0.2, -0.15) is 0 Å². The first-order chi connectivity index (χ1) is 6.74. The summed E-state index contributed by atoms with van der Waals surface area (Å²) in [5.74, 6) is 0.677. The lowest BCUT2D eigenvalue weighted by atomic mass is 10.3. The largest absolute Gasteiger partial charge is 0.480 e. The van der Waals surface area contributed by atoms with Crippen molar-refractivity contribution in [3.05, 3.63) is 22.4 Å². The predicted octanol–water partition coefficient (Wildman–Crippen LogP) is 2.77. The van der Waals surface area contributed by atoms with Crippen molar-refractivity contribution in [2.45, 2.75) is 26.8 Å². The van der Waals surface area contributed by atoms with Crippen LogP contribution >= 0.6 is 11.3 Å². The first-order valence-corrected chi connectivity index (χ1v) is 5.58. The summed E-state index contributed by atoms with van der Waals surface area (Å²) < 4.78 is 5.20. The average Bonchev–Trinajstić information content (AvgIpc) is 2.67. The molecule has 0 saturated heterocycles. The molecule has 1 aromatic rings. The van der Waals surface area contributed by atoms with Crippen LogP contribution in [0, 0.1) is 0 Å². The minimum absolute atomic E-state index is 0.241. The molecule has 0 bridgehead atoms. The van der Waals surface area contributed by atoms with Gasteiger partial charge in [0, 0.05) is 11.8 Å². The summed E-state index contributed by atoms with van der Waals surface area (Å²) in [5, 5.41) is 6.18. The van der Waals surface area contributed by atoms with Gasteiger partial charge in [0.15, 0.2) is 0 Å². The third kappa shape index (κ3) is 3.38. The van der Waals surface area contributed by atoms with Crippen LogP contribution in [0.1, 0.15) is 31.7 Å². The Morgan fingerprint density at radius 1 is 1.71 bits per heavy atom. The second-order valence-electron chi connectivity index (χ2n) is 2.93. The van der Waals surface area contributed by atoms with Gasteiger partial charge in [-0.15, -0.1) is 16.4 Å². The smallest absolute Gasteiger partial charge is 0.202 e. The van der Waals surface area contributed by atoms with E-state index in [1.165, 1.54) is 4.88 Å². The summed E-state index contributed by atoms with van der Waals surface area (Å²) in [4.78, 5) is 1.28. The molecule has 1 atom stereocenters. The van der Waals surface area contributed by atoms with E-state index < -0.39 is 0 Å². The number of nitrogens with zero attached hydrogens (tertiary/aromatic N) is 1. The van der Waals surface area contributed by atoms with Crippen molar-refractivity contribution in [3.8, 4) is 0 Å². The maximum absolute atomic E-state index is 5.20. The van der Waals surface area contributed by atoms with Gasteiger partial charge in [-0.3, -0.25) is 5.43 Å². The molecule has 0 radical (unpaired) electrons. The summed E-state index contributed by atoms with van der Waals surface area (Å²) in [5.41, 5.74) is 3.04. The van der Waals surface area contributed by atoms with E-state index >= 15 is 0 Å². The van der Waals surface area contributed by atoms with E-state index in [1.807, 2.05) is 19.9 Å². The van der Waals surface area contributed by atoms with E-state index in [-0.39, 0.29) is 6.04 Å². The normalized spacial score (nSPS) is 13.8. The maximum atomic E-state index is 5.20. The topological polar surface area (TPSA) is 33.6 Å². The molecule has 1 unspecified atom stereocenters. The number of nitrogens with one attached hydrogen (secondary N) is 1. The Morgan fingerprint density at radius 3 is 3.07 bits per heavy atom. The fraction of sp³-hybridized carbons (Fsp3) is 0.500. The van der Waals surface area contributed by atoms with Crippen LogP contribution in [-0.4, -0.2) is 12.5 Å². The minimum atomic E-state index is 0.241. The molecule has 4 heteroatoms. The first kappa shape index (κ1) is 11.0. The predicted molar refractivity (Wildman–Crippen MR) is 60.6 cm³/mol. The Bertz CT molecular complexity index is 282. The molecule has 1 rings (SSSR count). The van der Waals surface area contributed by atoms with E-state index in [9.17, 15) is 0 Å². The second kappa shape index (κ2) is 5.65. The fourth-order valence-corrected chi connectivity index (χ4v) is 1.76. The van der Waals surface area contributed by atoms with Crippen molar-refractivity contribution in [1.29, 1.82) is 0 Å². The maximum Gasteiger partial charge on any atom is 0.202 e. The third-order valence-corrected chi connectivity index (χ3v) is 2.79. The quantitative estimate of drug-likeness (QED) is 0.473. The van der Waals surface area contributed by atoms with Crippen LogP contribution in [0.25, 0.3) is 0 Å². The molecule has 0 spiro atoms. The van der Waals surface area contributed by atoms with Crippen LogP contribution in [0.15, 0.2) is 22.6 Å². The third-order valence-electron chi connectivity index (χ3n) is 1.74. The molecule has 0 amide bonds. The lowest BCUT2D eigenvalue weighted by Gasteiger charge is -2.09. The molecule has 0 aromatic carbocycles. The number of hydrazone groups is 1. The van der Waals surface area contributed by atoms with Crippen LogP contribution in [0.3, 0.4) is 0 Å². The highest BCUT2D eigenvalue weighted by Crippen LogP contribution is 2.17. The lowest BCUT2D eigenvalue weighted by molar-refractivity contribution is 0.319. The fourth-order valence-electron chi connectivity index (χ4n) is 1.03. The molecule has 3 nitrogen and oxygen atoms in total. The Morgan fingerprint density at radius 2 is 2.50 bits per heavy atom. The molecular formula is C10H16N2OS. The van der Waals surface area contributed by atoms with Crippen molar-refractivity contribution in [3.63, 3.8) is 0 Å². The molecular weight excluding hydrogens is 196 g/mol. The Kier molecular flexibility index (Phi) is 4.46. The molecule has 0 saturated carbocycles. The summed E-state index contributed by atoms with van der Waals surface area (Å²) in [6.45, 7) is 6.53. The minimum Gasteiger partial charge on any atom is -0.480 e. The summed E-state index contributed by atoms with van der Waals surface area (Å²) in [7, 11) is 0.